The first-order chi connectivity index (χ1) is 7.90. The first-order valence-electron chi connectivity index (χ1n) is 6.04. The Morgan fingerprint density at radius 3 is 1.65 bits per heavy atom. The summed E-state index contributed by atoms with van der Waals surface area (Å²) in [5.74, 6) is 0. The molecular weight excluding hydrogens is 208 g/mol. The van der Waals surface area contributed by atoms with E-state index in [-0.39, 0.29) is 5.48 Å². The quantitative estimate of drug-likeness (QED) is 0.743. The van der Waals surface area contributed by atoms with Gasteiger partial charge in [-0.05, 0) is 23.1 Å². The van der Waals surface area contributed by atoms with Gasteiger partial charge in [0.15, 0.2) is 0 Å². The normalized spacial score (nSPS) is 8.65. The van der Waals surface area contributed by atoms with Crippen molar-refractivity contribution in [3.63, 3.8) is 0 Å². The summed E-state index contributed by atoms with van der Waals surface area (Å²) in [5, 5.41) is 0. The summed E-state index contributed by atoms with van der Waals surface area (Å²) < 4.78 is 0. The molecule has 0 aliphatic heterocycles. The van der Waals surface area contributed by atoms with Gasteiger partial charge < -0.3 is 5.48 Å². The first-order valence-corrected chi connectivity index (χ1v) is 6.04. The Bertz CT molecular complexity index is 390. The topological polar surface area (TPSA) is 31.5 Å². The molecule has 2 aromatic carbocycles. The van der Waals surface area contributed by atoms with Crippen molar-refractivity contribution >= 4 is 0 Å². The van der Waals surface area contributed by atoms with Crippen LogP contribution in [-0.2, 0) is 6.42 Å². The van der Waals surface area contributed by atoms with Crippen molar-refractivity contribution in [1.29, 1.82) is 0 Å². The molecule has 0 aromatic heterocycles. The van der Waals surface area contributed by atoms with Gasteiger partial charge >= 0.3 is 0 Å². The zero-order valence-corrected chi connectivity index (χ0v) is 10.9. The molecule has 0 aliphatic carbocycles. The van der Waals surface area contributed by atoms with Gasteiger partial charge in [-0.15, -0.1) is 0 Å². The fourth-order valence-electron chi connectivity index (χ4n) is 1.56. The Hall–Kier alpha value is -1.60. The van der Waals surface area contributed by atoms with Gasteiger partial charge in [0, 0.05) is 0 Å². The lowest BCUT2D eigenvalue weighted by Gasteiger charge is -2.02. The highest BCUT2D eigenvalue weighted by Crippen LogP contribution is 2.19. The standard InChI is InChI=1S/C14H14.C2H6.H2O/c1-2-12-8-10-14(11-9-12)13-6-4-3-5-7-13;1-2;/h3-11H,2H2,1H3;1-2H3;1H2. The smallest absolute Gasteiger partial charge is 0.0184 e. The third kappa shape index (κ3) is 4.41. The molecule has 2 rings (SSSR count). The molecule has 1 heteroatoms. The highest BCUT2D eigenvalue weighted by molar-refractivity contribution is 5.63. The molecule has 2 aromatic rings. The summed E-state index contributed by atoms with van der Waals surface area (Å²) in [4.78, 5) is 0. The van der Waals surface area contributed by atoms with Crippen LogP contribution in [0.2, 0.25) is 0 Å². The van der Waals surface area contributed by atoms with E-state index in [0.717, 1.165) is 6.42 Å². The Morgan fingerprint density at radius 2 is 1.18 bits per heavy atom. The molecule has 0 heterocycles. The van der Waals surface area contributed by atoms with E-state index >= 15 is 0 Å². The Morgan fingerprint density at radius 1 is 0.706 bits per heavy atom. The van der Waals surface area contributed by atoms with E-state index in [0.29, 0.717) is 0 Å². The van der Waals surface area contributed by atoms with Crippen molar-refractivity contribution in [2.75, 3.05) is 0 Å². The van der Waals surface area contributed by atoms with Crippen LogP contribution in [0.5, 0.6) is 0 Å². The van der Waals surface area contributed by atoms with E-state index in [1.54, 1.807) is 0 Å². The molecule has 0 unspecified atom stereocenters. The second-order valence-electron chi connectivity index (χ2n) is 3.42. The Kier molecular flexibility index (Phi) is 7.74. The zero-order chi connectivity index (χ0) is 11.8. The Labute approximate surface area is 104 Å². The minimum absolute atomic E-state index is 0. The molecule has 1 nitrogen and oxygen atoms in total. The molecule has 0 saturated heterocycles. The van der Waals surface area contributed by atoms with E-state index in [4.69, 9.17) is 0 Å². The van der Waals surface area contributed by atoms with Crippen LogP contribution in [0.25, 0.3) is 11.1 Å². The van der Waals surface area contributed by atoms with Crippen molar-refractivity contribution in [1.82, 2.24) is 0 Å². The minimum atomic E-state index is 0. The van der Waals surface area contributed by atoms with Crippen molar-refractivity contribution in [3.8, 4) is 11.1 Å². The minimum Gasteiger partial charge on any atom is -0.412 e. The predicted octanol–water partition coefficient (Wildman–Crippen LogP) is 4.12. The number of benzene rings is 2. The maximum absolute atomic E-state index is 2.20. The van der Waals surface area contributed by atoms with Crippen molar-refractivity contribution in [3.05, 3.63) is 60.2 Å². The second-order valence-corrected chi connectivity index (χ2v) is 3.42. The molecule has 0 atom stereocenters. The number of hydrogen-bond donors (Lipinski definition) is 0. The third-order valence-corrected chi connectivity index (χ3v) is 2.47. The third-order valence-electron chi connectivity index (χ3n) is 2.47. The van der Waals surface area contributed by atoms with E-state index < -0.39 is 0 Å². The lowest BCUT2D eigenvalue weighted by atomic mass is 10.0. The molecule has 0 saturated carbocycles. The van der Waals surface area contributed by atoms with Gasteiger partial charge in [-0.2, -0.15) is 0 Å². The molecule has 0 spiro atoms. The molecule has 0 fully saturated rings. The molecular formula is C16H22O. The van der Waals surface area contributed by atoms with Crippen LogP contribution in [0.3, 0.4) is 0 Å². The van der Waals surface area contributed by atoms with E-state index in [2.05, 4.69) is 55.5 Å². The van der Waals surface area contributed by atoms with Crippen LogP contribution >= 0.6 is 0 Å². The van der Waals surface area contributed by atoms with Crippen LogP contribution in [0.15, 0.2) is 54.6 Å². The van der Waals surface area contributed by atoms with Gasteiger partial charge in [-0.25, -0.2) is 0 Å². The predicted molar refractivity (Wildman–Crippen MR) is 76.2 cm³/mol. The molecule has 17 heavy (non-hydrogen) atoms. The van der Waals surface area contributed by atoms with Gasteiger partial charge in [-0.1, -0.05) is 75.4 Å². The number of rotatable bonds is 2. The lowest BCUT2D eigenvalue weighted by Crippen LogP contribution is -1.80. The lowest BCUT2D eigenvalue weighted by molar-refractivity contribution is 0.824. The summed E-state index contributed by atoms with van der Waals surface area (Å²) in [7, 11) is 0. The highest BCUT2D eigenvalue weighted by Gasteiger charge is 1.95. The average molecular weight is 230 g/mol. The fraction of sp³-hybridized carbons (Fsp3) is 0.250. The summed E-state index contributed by atoms with van der Waals surface area (Å²) in [6.45, 7) is 6.18. The molecule has 0 bridgehead atoms. The molecule has 0 amide bonds. The van der Waals surface area contributed by atoms with Gasteiger partial charge in [0.05, 0.1) is 0 Å². The van der Waals surface area contributed by atoms with Crippen molar-refractivity contribution < 1.29 is 5.48 Å². The summed E-state index contributed by atoms with van der Waals surface area (Å²) in [6, 6.07) is 19.2. The largest absolute Gasteiger partial charge is 0.412 e. The highest BCUT2D eigenvalue weighted by atomic mass is 16.0. The van der Waals surface area contributed by atoms with E-state index in [9.17, 15) is 0 Å². The second kappa shape index (κ2) is 8.54. The van der Waals surface area contributed by atoms with Gasteiger partial charge in [0.1, 0.15) is 0 Å². The Balaban J connectivity index is 0.000000811. The molecule has 92 valence electrons. The SMILES string of the molecule is CC.CCc1ccc(-c2ccccc2)cc1.O. The number of aryl methyl sites for hydroxylation is 1. The van der Waals surface area contributed by atoms with Crippen LogP contribution in [0.4, 0.5) is 0 Å². The van der Waals surface area contributed by atoms with Gasteiger partial charge in [0.2, 0.25) is 0 Å². The van der Waals surface area contributed by atoms with Crippen LogP contribution in [0, 0.1) is 0 Å². The number of hydrogen-bond acceptors (Lipinski definition) is 0. The average Bonchev–Trinajstić information content (AvgIpc) is 2.42. The fourth-order valence-corrected chi connectivity index (χ4v) is 1.56. The summed E-state index contributed by atoms with van der Waals surface area (Å²) in [6.07, 6.45) is 1.11. The maximum Gasteiger partial charge on any atom is -0.0184 e. The van der Waals surface area contributed by atoms with E-state index in [1.807, 2.05) is 19.9 Å². The molecule has 0 aliphatic rings. The first kappa shape index (κ1) is 15.4. The van der Waals surface area contributed by atoms with Crippen molar-refractivity contribution in [2.24, 2.45) is 0 Å². The van der Waals surface area contributed by atoms with Gasteiger partial charge in [0.25, 0.3) is 0 Å². The summed E-state index contributed by atoms with van der Waals surface area (Å²) in [5.41, 5.74) is 3.97. The summed E-state index contributed by atoms with van der Waals surface area (Å²) >= 11 is 0. The van der Waals surface area contributed by atoms with E-state index in [1.165, 1.54) is 16.7 Å². The van der Waals surface area contributed by atoms with Crippen LogP contribution < -0.4 is 0 Å². The van der Waals surface area contributed by atoms with Crippen LogP contribution in [-0.4, -0.2) is 5.48 Å². The molecule has 0 radical (unpaired) electrons. The van der Waals surface area contributed by atoms with Gasteiger partial charge in [-0.3, -0.25) is 0 Å². The maximum atomic E-state index is 2.20. The molecule has 2 N–H and O–H groups in total. The monoisotopic (exact) mass is 230 g/mol. The van der Waals surface area contributed by atoms with Crippen LogP contribution in [0.1, 0.15) is 26.3 Å². The van der Waals surface area contributed by atoms with Crippen molar-refractivity contribution in [2.45, 2.75) is 27.2 Å². The zero-order valence-electron chi connectivity index (χ0n) is 10.9.